The van der Waals surface area contributed by atoms with Gasteiger partial charge in [0.15, 0.2) is 0 Å². The molecule has 1 heterocycles. The zero-order valence-corrected chi connectivity index (χ0v) is 20.6. The van der Waals surface area contributed by atoms with Crippen molar-refractivity contribution in [3.63, 3.8) is 0 Å². The van der Waals surface area contributed by atoms with Crippen LogP contribution >= 0.6 is 0 Å². The van der Waals surface area contributed by atoms with Gasteiger partial charge in [-0.1, -0.05) is 27.7 Å². The third-order valence-corrected chi connectivity index (χ3v) is 5.63. The van der Waals surface area contributed by atoms with Crippen LogP contribution in [0.1, 0.15) is 47.5 Å². The quantitative estimate of drug-likeness (QED) is 0.270. The summed E-state index contributed by atoms with van der Waals surface area (Å²) in [4.78, 5) is 61.8. The number of nitro benzene ring substituents is 1. The average molecular weight is 492 g/mol. The smallest absolute Gasteiger partial charge is 0.410 e. The van der Waals surface area contributed by atoms with E-state index in [1.54, 1.807) is 13.8 Å². The molecule has 192 valence electrons. The molecule has 0 radical (unpaired) electrons. The molecule has 1 fully saturated rings. The summed E-state index contributed by atoms with van der Waals surface area (Å²) in [5.41, 5.74) is -0.140. The van der Waals surface area contributed by atoms with Crippen LogP contribution in [0.15, 0.2) is 24.3 Å². The van der Waals surface area contributed by atoms with E-state index in [0.29, 0.717) is 19.4 Å². The van der Waals surface area contributed by atoms with Gasteiger partial charge in [-0.2, -0.15) is 0 Å². The Hall–Kier alpha value is -3.70. The zero-order valence-electron chi connectivity index (χ0n) is 20.6. The van der Waals surface area contributed by atoms with E-state index < -0.39 is 35.2 Å². The SMILES string of the molecule is CC(=O)N[C@H](C(=O)N1CCC[C@H]1C(=O)N[C@@H](NC(=O)Oc1ccc([N+](=O)[O-])cc1)C(C)C)C(C)C. The van der Waals surface area contributed by atoms with Crippen LogP contribution in [0.4, 0.5) is 10.5 Å². The fourth-order valence-electron chi connectivity index (χ4n) is 3.73. The second-order valence-electron chi connectivity index (χ2n) is 9.13. The van der Waals surface area contributed by atoms with Crippen LogP contribution in [0.5, 0.6) is 5.75 Å². The van der Waals surface area contributed by atoms with Crippen molar-refractivity contribution in [1.29, 1.82) is 0 Å². The minimum atomic E-state index is -0.845. The Bertz CT molecular complexity index is 948. The lowest BCUT2D eigenvalue weighted by atomic mass is 10.0. The number of non-ortho nitro benzene ring substituents is 1. The summed E-state index contributed by atoms with van der Waals surface area (Å²) in [6.07, 6.45) is -0.540. The first-order valence-electron chi connectivity index (χ1n) is 11.5. The fraction of sp³-hybridized carbons (Fsp3) is 0.565. The van der Waals surface area contributed by atoms with Gasteiger partial charge in [0, 0.05) is 25.6 Å². The minimum Gasteiger partial charge on any atom is -0.410 e. The summed E-state index contributed by atoms with van der Waals surface area (Å²) in [5.74, 6) is -1.33. The monoisotopic (exact) mass is 491 g/mol. The molecule has 1 aliphatic heterocycles. The van der Waals surface area contributed by atoms with Crippen molar-refractivity contribution in [3.05, 3.63) is 34.4 Å². The van der Waals surface area contributed by atoms with Crippen LogP contribution in [0, 0.1) is 22.0 Å². The van der Waals surface area contributed by atoms with Crippen LogP contribution in [0.3, 0.4) is 0 Å². The summed E-state index contributed by atoms with van der Waals surface area (Å²) >= 11 is 0. The van der Waals surface area contributed by atoms with Crippen molar-refractivity contribution >= 4 is 29.5 Å². The van der Waals surface area contributed by atoms with Gasteiger partial charge in [0.1, 0.15) is 24.0 Å². The number of nitrogens with one attached hydrogen (secondary N) is 3. The van der Waals surface area contributed by atoms with Crippen molar-refractivity contribution < 1.29 is 28.8 Å². The second-order valence-corrected chi connectivity index (χ2v) is 9.13. The first kappa shape index (κ1) is 27.5. The standard InChI is InChI=1S/C23H33N5O7/c1-13(2)19(24-15(5)29)22(31)27-12-6-7-18(27)21(30)25-20(14(3)4)26-23(32)35-17-10-8-16(9-11-17)28(33)34/h8-11,13-14,18-20H,6-7,12H2,1-5H3,(H,24,29)(H,25,30)(H,26,32)/t18-,19-,20-/m0/s1. The minimum absolute atomic E-state index is 0.104. The molecule has 3 N–H and O–H groups in total. The maximum absolute atomic E-state index is 13.1. The first-order chi connectivity index (χ1) is 16.4. The Morgan fingerprint density at radius 2 is 1.66 bits per heavy atom. The van der Waals surface area contributed by atoms with Crippen molar-refractivity contribution in [2.45, 2.75) is 65.7 Å². The van der Waals surface area contributed by atoms with Gasteiger partial charge in [-0.3, -0.25) is 24.5 Å². The third kappa shape index (κ3) is 7.66. The third-order valence-electron chi connectivity index (χ3n) is 5.63. The Morgan fingerprint density at radius 3 is 2.17 bits per heavy atom. The van der Waals surface area contributed by atoms with Gasteiger partial charge in [-0.25, -0.2) is 4.79 Å². The van der Waals surface area contributed by atoms with E-state index in [1.807, 2.05) is 13.8 Å². The molecule has 4 amide bonds. The van der Waals surface area contributed by atoms with Gasteiger partial charge in [0.25, 0.3) is 5.69 Å². The molecule has 3 atom stereocenters. The van der Waals surface area contributed by atoms with E-state index in [2.05, 4.69) is 16.0 Å². The lowest BCUT2D eigenvalue weighted by molar-refractivity contribution is -0.384. The number of rotatable bonds is 9. The molecule has 12 heteroatoms. The highest BCUT2D eigenvalue weighted by molar-refractivity contribution is 5.92. The van der Waals surface area contributed by atoms with Gasteiger partial charge in [-0.15, -0.1) is 0 Å². The summed E-state index contributed by atoms with van der Waals surface area (Å²) in [6.45, 7) is 8.95. The average Bonchev–Trinajstić information content (AvgIpc) is 3.26. The highest BCUT2D eigenvalue weighted by Gasteiger charge is 2.39. The van der Waals surface area contributed by atoms with E-state index in [9.17, 15) is 29.3 Å². The van der Waals surface area contributed by atoms with Crippen molar-refractivity contribution in [1.82, 2.24) is 20.9 Å². The lowest BCUT2D eigenvalue weighted by Gasteiger charge is -2.32. The first-order valence-corrected chi connectivity index (χ1v) is 11.5. The number of likely N-dealkylation sites (tertiary alicyclic amines) is 1. The molecule has 12 nitrogen and oxygen atoms in total. The van der Waals surface area contributed by atoms with E-state index in [4.69, 9.17) is 4.74 Å². The fourth-order valence-corrected chi connectivity index (χ4v) is 3.73. The molecule has 2 rings (SSSR count). The number of hydrogen-bond donors (Lipinski definition) is 3. The number of hydrogen-bond acceptors (Lipinski definition) is 7. The molecule has 0 aliphatic carbocycles. The second kappa shape index (κ2) is 12.1. The molecule has 0 unspecified atom stereocenters. The molecule has 0 aromatic heterocycles. The van der Waals surface area contributed by atoms with E-state index in [1.165, 1.54) is 36.1 Å². The lowest BCUT2D eigenvalue weighted by Crippen LogP contribution is -2.58. The van der Waals surface area contributed by atoms with E-state index >= 15 is 0 Å². The largest absolute Gasteiger partial charge is 0.414 e. The molecule has 0 saturated carbocycles. The van der Waals surface area contributed by atoms with E-state index in [-0.39, 0.29) is 35.1 Å². The maximum atomic E-state index is 13.1. The Labute approximate surface area is 203 Å². The number of benzene rings is 1. The molecule has 0 bridgehead atoms. The van der Waals surface area contributed by atoms with Crippen LogP contribution in [0.2, 0.25) is 0 Å². The summed E-state index contributed by atoms with van der Waals surface area (Å²) < 4.78 is 5.16. The summed E-state index contributed by atoms with van der Waals surface area (Å²) in [5, 5.41) is 18.8. The van der Waals surface area contributed by atoms with Gasteiger partial charge in [0.2, 0.25) is 17.7 Å². The molecule has 0 spiro atoms. The number of ether oxygens (including phenoxy) is 1. The molecule has 1 aliphatic rings. The molecule has 1 aromatic carbocycles. The molecule has 35 heavy (non-hydrogen) atoms. The summed E-state index contributed by atoms with van der Waals surface area (Å²) in [6, 6.07) is 3.54. The van der Waals surface area contributed by atoms with Gasteiger partial charge < -0.3 is 25.6 Å². The van der Waals surface area contributed by atoms with Gasteiger partial charge in [0.05, 0.1) is 4.92 Å². The van der Waals surface area contributed by atoms with Crippen LogP contribution in [-0.4, -0.2) is 58.4 Å². The van der Waals surface area contributed by atoms with Crippen molar-refractivity contribution in [2.24, 2.45) is 11.8 Å². The highest BCUT2D eigenvalue weighted by Crippen LogP contribution is 2.21. The normalized spacial score (nSPS) is 17.0. The molecular weight excluding hydrogens is 458 g/mol. The van der Waals surface area contributed by atoms with Crippen molar-refractivity contribution in [3.8, 4) is 5.75 Å². The topological polar surface area (TPSA) is 160 Å². The predicted octanol–water partition coefficient (Wildman–Crippen LogP) is 1.93. The number of carbonyl (C=O) groups excluding carboxylic acids is 4. The Morgan fingerprint density at radius 1 is 1.03 bits per heavy atom. The summed E-state index contributed by atoms with van der Waals surface area (Å²) in [7, 11) is 0. The van der Waals surface area contributed by atoms with Gasteiger partial charge >= 0.3 is 6.09 Å². The molecule has 1 aromatic rings. The Balaban J connectivity index is 2.04. The van der Waals surface area contributed by atoms with Crippen LogP contribution < -0.4 is 20.7 Å². The zero-order chi connectivity index (χ0) is 26.3. The number of amides is 4. The van der Waals surface area contributed by atoms with Crippen molar-refractivity contribution in [2.75, 3.05) is 6.54 Å². The predicted molar refractivity (Wildman–Crippen MR) is 126 cm³/mol. The number of nitro groups is 1. The van der Waals surface area contributed by atoms with Crippen LogP contribution in [-0.2, 0) is 14.4 Å². The van der Waals surface area contributed by atoms with Gasteiger partial charge in [-0.05, 0) is 36.8 Å². The van der Waals surface area contributed by atoms with E-state index in [0.717, 1.165) is 0 Å². The number of nitrogens with zero attached hydrogens (tertiary/aromatic N) is 2. The number of carbonyl (C=O) groups is 4. The Kier molecular flexibility index (Phi) is 9.55. The molecule has 1 saturated heterocycles. The maximum Gasteiger partial charge on any atom is 0.414 e. The molecular formula is C23H33N5O7. The highest BCUT2D eigenvalue weighted by atomic mass is 16.6. The van der Waals surface area contributed by atoms with Crippen LogP contribution in [0.25, 0.3) is 0 Å².